The predicted molar refractivity (Wildman–Crippen MR) is 90.8 cm³/mol. The number of halogens is 2. The fourth-order valence-corrected chi connectivity index (χ4v) is 2.43. The number of nitrogens with zero attached hydrogens (tertiary/aromatic N) is 2. The summed E-state index contributed by atoms with van der Waals surface area (Å²) in [5, 5.41) is 0. The molecule has 134 valence electrons. The first-order valence-corrected chi connectivity index (χ1v) is 7.59. The Morgan fingerprint density at radius 3 is 1.83 bits per heavy atom. The van der Waals surface area contributed by atoms with Gasteiger partial charge in [0, 0.05) is 5.69 Å². The largest absolute Gasteiger partial charge is 2.00 e. The van der Waals surface area contributed by atoms with Gasteiger partial charge in [-0.15, -0.1) is 0 Å². The van der Waals surface area contributed by atoms with Crippen LogP contribution < -0.4 is 34.0 Å². The zero-order chi connectivity index (χ0) is 15.4. The number of pyridine rings is 1. The summed E-state index contributed by atoms with van der Waals surface area (Å²) in [7, 11) is 0. The maximum Gasteiger partial charge on any atom is 2.00 e. The minimum absolute atomic E-state index is 0. The van der Waals surface area contributed by atoms with Gasteiger partial charge in [-0.1, -0.05) is 52.0 Å². The number of aryl methyl sites for hydroxylation is 1. The second-order valence-corrected chi connectivity index (χ2v) is 6.06. The second kappa shape index (κ2) is 11.9. The molecule has 0 N–H and O–H groups in total. The zero-order valence-corrected chi connectivity index (χ0v) is 18.8. The van der Waals surface area contributed by atoms with Crippen LogP contribution in [0.25, 0.3) is 0 Å². The normalized spacial score (nSPS) is 10.3. The van der Waals surface area contributed by atoms with Crippen LogP contribution in [0.5, 0.6) is 0 Å². The molecule has 0 saturated carbocycles. The third kappa shape index (κ3) is 6.78. The van der Waals surface area contributed by atoms with Gasteiger partial charge in [-0.3, -0.25) is 9.98 Å². The Balaban J connectivity index is 0. The van der Waals surface area contributed by atoms with Crippen LogP contribution in [0.1, 0.15) is 62.0 Å². The van der Waals surface area contributed by atoms with Gasteiger partial charge in [-0.2, -0.15) is 0 Å². The minimum atomic E-state index is 0. The molecule has 2 nitrogen and oxygen atoms in total. The fourth-order valence-electron chi connectivity index (χ4n) is 2.43. The van der Waals surface area contributed by atoms with E-state index in [-0.39, 0.29) is 50.5 Å². The quantitative estimate of drug-likeness (QED) is 0.408. The standard InChI is InChI=1S/C19H24N2.2BrH.Ni/c1-13(2)17-10-7-11-18(14(3)4)19(17)20-12-16-9-6-8-15(5)21-16;;;/h6-14H,1-5H3;2*1H;/q;;;+2/p-2. The van der Waals surface area contributed by atoms with E-state index in [0.29, 0.717) is 11.8 Å². The third-order valence-electron chi connectivity index (χ3n) is 3.58. The summed E-state index contributed by atoms with van der Waals surface area (Å²) >= 11 is 0. The van der Waals surface area contributed by atoms with Crippen LogP contribution in [-0.4, -0.2) is 11.2 Å². The van der Waals surface area contributed by atoms with E-state index in [2.05, 4.69) is 50.9 Å². The van der Waals surface area contributed by atoms with Gasteiger partial charge in [0.15, 0.2) is 0 Å². The molecule has 0 spiro atoms. The van der Waals surface area contributed by atoms with E-state index < -0.39 is 0 Å². The molecule has 0 radical (unpaired) electrons. The van der Waals surface area contributed by atoms with Crippen molar-refractivity contribution in [1.82, 2.24) is 4.98 Å². The number of hydrogen-bond donors (Lipinski definition) is 0. The molecule has 0 aliphatic heterocycles. The molecule has 0 amide bonds. The molecular weight excluding hydrogens is 475 g/mol. The Kier molecular flexibility index (Phi) is 12.8. The van der Waals surface area contributed by atoms with Gasteiger partial charge in [0.2, 0.25) is 0 Å². The van der Waals surface area contributed by atoms with Crippen LogP contribution in [0.3, 0.4) is 0 Å². The summed E-state index contributed by atoms with van der Waals surface area (Å²) in [6.07, 6.45) is 1.88. The number of aromatic nitrogens is 1. The van der Waals surface area contributed by atoms with Crippen LogP contribution in [0.2, 0.25) is 0 Å². The predicted octanol–water partition coefficient (Wildman–Crippen LogP) is -0.607. The van der Waals surface area contributed by atoms with E-state index in [0.717, 1.165) is 17.1 Å². The van der Waals surface area contributed by atoms with Crippen molar-refractivity contribution in [3.63, 3.8) is 0 Å². The molecule has 5 heteroatoms. The fraction of sp³-hybridized carbons (Fsp3) is 0.368. The van der Waals surface area contributed by atoms with Crippen molar-refractivity contribution >= 4 is 11.9 Å². The van der Waals surface area contributed by atoms with Gasteiger partial charge in [0.1, 0.15) is 0 Å². The summed E-state index contributed by atoms with van der Waals surface area (Å²) in [5.41, 5.74) is 5.62. The first-order chi connectivity index (χ1) is 9.99. The average Bonchev–Trinajstić information content (AvgIpc) is 2.44. The van der Waals surface area contributed by atoms with Crippen LogP contribution in [-0.2, 0) is 16.5 Å². The molecule has 0 atom stereocenters. The molecule has 0 saturated heterocycles. The molecule has 1 aromatic carbocycles. The summed E-state index contributed by atoms with van der Waals surface area (Å²) in [6, 6.07) is 12.5. The van der Waals surface area contributed by atoms with Gasteiger partial charge in [-0.05, 0) is 42.0 Å². The summed E-state index contributed by atoms with van der Waals surface area (Å²) in [4.78, 5) is 9.26. The van der Waals surface area contributed by atoms with E-state index in [1.165, 1.54) is 11.1 Å². The monoisotopic (exact) mass is 496 g/mol. The Labute approximate surface area is 177 Å². The van der Waals surface area contributed by atoms with Crippen molar-refractivity contribution in [3.8, 4) is 0 Å². The van der Waals surface area contributed by atoms with Crippen LogP contribution >= 0.6 is 0 Å². The number of rotatable bonds is 4. The first-order valence-electron chi connectivity index (χ1n) is 7.59. The van der Waals surface area contributed by atoms with Crippen molar-refractivity contribution in [3.05, 3.63) is 58.9 Å². The Bertz CT molecular complexity index is 629. The molecule has 0 bridgehead atoms. The summed E-state index contributed by atoms with van der Waals surface area (Å²) in [5.74, 6) is 0.919. The molecule has 0 unspecified atom stereocenters. The van der Waals surface area contributed by atoms with Crippen LogP contribution in [0.15, 0.2) is 41.4 Å². The van der Waals surface area contributed by atoms with Crippen molar-refractivity contribution in [2.45, 2.75) is 46.5 Å². The molecular formula is C19H24Br2N2Ni. The van der Waals surface area contributed by atoms with Crippen molar-refractivity contribution in [1.29, 1.82) is 0 Å². The smallest absolute Gasteiger partial charge is 1.00 e. The molecule has 2 rings (SSSR count). The van der Waals surface area contributed by atoms with E-state index in [1.54, 1.807) is 0 Å². The number of hydrogen-bond acceptors (Lipinski definition) is 2. The molecule has 0 aliphatic carbocycles. The molecule has 1 aromatic heterocycles. The molecule has 0 aliphatic rings. The van der Waals surface area contributed by atoms with E-state index in [9.17, 15) is 0 Å². The summed E-state index contributed by atoms with van der Waals surface area (Å²) in [6.45, 7) is 10.8. The second-order valence-electron chi connectivity index (χ2n) is 6.06. The maximum absolute atomic E-state index is 4.77. The van der Waals surface area contributed by atoms with Gasteiger partial charge in [-0.25, -0.2) is 0 Å². The van der Waals surface area contributed by atoms with Gasteiger partial charge in [0.25, 0.3) is 0 Å². The van der Waals surface area contributed by atoms with E-state index in [1.807, 2.05) is 31.3 Å². The topological polar surface area (TPSA) is 25.2 Å². The first kappa shape index (κ1) is 25.7. The Morgan fingerprint density at radius 2 is 1.38 bits per heavy atom. The third-order valence-corrected chi connectivity index (χ3v) is 3.58. The van der Waals surface area contributed by atoms with E-state index >= 15 is 0 Å². The van der Waals surface area contributed by atoms with Crippen molar-refractivity contribution in [2.75, 3.05) is 0 Å². The van der Waals surface area contributed by atoms with Crippen LogP contribution in [0, 0.1) is 6.92 Å². The van der Waals surface area contributed by atoms with E-state index in [4.69, 9.17) is 4.99 Å². The SMILES string of the molecule is Cc1cccc(C=Nc2c(C(C)C)cccc2C(C)C)n1.[Br-].[Br-].[Ni+2]. The maximum atomic E-state index is 4.77. The Morgan fingerprint density at radius 1 is 0.875 bits per heavy atom. The van der Waals surface area contributed by atoms with Gasteiger partial charge < -0.3 is 34.0 Å². The molecule has 24 heavy (non-hydrogen) atoms. The van der Waals surface area contributed by atoms with Crippen molar-refractivity contribution < 1.29 is 50.5 Å². The molecule has 2 aromatic rings. The van der Waals surface area contributed by atoms with Gasteiger partial charge >= 0.3 is 16.5 Å². The van der Waals surface area contributed by atoms with Gasteiger partial charge in [0.05, 0.1) is 17.6 Å². The Hall–Kier alpha value is -0.506. The zero-order valence-electron chi connectivity index (χ0n) is 14.7. The number of aliphatic imine (C=N–C) groups is 1. The number of para-hydroxylation sites is 1. The molecule has 1 heterocycles. The summed E-state index contributed by atoms with van der Waals surface area (Å²) < 4.78 is 0. The number of benzene rings is 1. The van der Waals surface area contributed by atoms with Crippen molar-refractivity contribution in [2.24, 2.45) is 4.99 Å². The molecule has 0 fully saturated rings. The minimum Gasteiger partial charge on any atom is -1.00 e. The average molecular weight is 499 g/mol. The van der Waals surface area contributed by atoms with Crippen LogP contribution in [0.4, 0.5) is 5.69 Å².